The van der Waals surface area contributed by atoms with Crippen molar-refractivity contribution in [2.75, 3.05) is 11.5 Å². The van der Waals surface area contributed by atoms with Crippen molar-refractivity contribution >= 4 is 65.4 Å². The van der Waals surface area contributed by atoms with Crippen LogP contribution in [0.5, 0.6) is 0 Å². The summed E-state index contributed by atoms with van der Waals surface area (Å²) in [6.07, 6.45) is 0. The van der Waals surface area contributed by atoms with Crippen molar-refractivity contribution in [3.8, 4) is 0 Å². The number of hydrogen-bond acceptors (Lipinski definition) is 2. The molecule has 0 N–H and O–H groups in total. The zero-order valence-electron chi connectivity index (χ0n) is 6.06. The predicted molar refractivity (Wildman–Crippen MR) is 56.3 cm³/mol. The van der Waals surface area contributed by atoms with Crippen molar-refractivity contribution in [3.05, 3.63) is 0 Å². The van der Waals surface area contributed by atoms with Crippen LogP contribution in [0.15, 0.2) is 0 Å². The second-order valence-corrected chi connectivity index (χ2v) is 15.9. The Morgan fingerprint density at radius 1 is 0.909 bits per heavy atom. The van der Waals surface area contributed by atoms with Crippen molar-refractivity contribution in [2.45, 2.75) is 20.9 Å². The zero-order valence-corrected chi connectivity index (χ0v) is 12.4. The van der Waals surface area contributed by atoms with Gasteiger partial charge in [0.1, 0.15) is 0 Å². The molecule has 11 heavy (non-hydrogen) atoms. The molecular weight excluding hydrogens is 403 g/mol. The standard InChI is InChI=1S/C7H10S2Te2/c1-4(8-1)6-7(5-2-9-5)11-3-10-6/h4-7H,1-3H2. The normalized spacial score (nSPS) is 54.5. The van der Waals surface area contributed by atoms with E-state index in [-0.39, 0.29) is 0 Å². The molecule has 0 radical (unpaired) electrons. The van der Waals surface area contributed by atoms with Gasteiger partial charge in [0.2, 0.25) is 0 Å². The van der Waals surface area contributed by atoms with Crippen LogP contribution in [0, 0.1) is 0 Å². The Balaban J connectivity index is 1.69. The molecule has 0 saturated carbocycles. The molecule has 0 aromatic heterocycles. The number of thioether (sulfide) groups is 2. The molecule has 0 aliphatic carbocycles. The monoisotopic (exact) mass is 418 g/mol. The Morgan fingerprint density at radius 3 is 1.73 bits per heavy atom. The van der Waals surface area contributed by atoms with Crippen molar-refractivity contribution in [3.63, 3.8) is 0 Å². The van der Waals surface area contributed by atoms with Crippen LogP contribution < -0.4 is 0 Å². The maximum atomic E-state index is 2.26. The van der Waals surface area contributed by atoms with Crippen LogP contribution in [0.1, 0.15) is 0 Å². The van der Waals surface area contributed by atoms with Crippen LogP contribution in [-0.2, 0) is 0 Å². The summed E-state index contributed by atoms with van der Waals surface area (Å²) in [5, 5.41) is 2.38. The van der Waals surface area contributed by atoms with E-state index in [1.54, 1.807) is 2.52 Å². The van der Waals surface area contributed by atoms with E-state index >= 15 is 0 Å². The summed E-state index contributed by atoms with van der Waals surface area (Å²) in [6, 6.07) is 0. The zero-order chi connectivity index (χ0) is 7.26. The molecule has 3 rings (SSSR count). The molecule has 4 unspecified atom stereocenters. The number of rotatable bonds is 2. The Bertz CT molecular complexity index is 150. The van der Waals surface area contributed by atoms with Gasteiger partial charge in [-0.05, 0) is 0 Å². The molecule has 4 heteroatoms. The first kappa shape index (κ1) is 8.58. The van der Waals surface area contributed by atoms with Gasteiger partial charge in [0, 0.05) is 0 Å². The van der Waals surface area contributed by atoms with E-state index in [2.05, 4.69) is 23.5 Å². The van der Waals surface area contributed by atoms with Gasteiger partial charge in [0.15, 0.2) is 0 Å². The molecule has 3 saturated heterocycles. The first-order valence-electron chi connectivity index (χ1n) is 3.91. The third-order valence-electron chi connectivity index (χ3n) is 2.30. The van der Waals surface area contributed by atoms with Gasteiger partial charge in [0.05, 0.1) is 0 Å². The summed E-state index contributed by atoms with van der Waals surface area (Å²) in [5.74, 6) is 3.08. The molecule has 0 aromatic rings. The van der Waals surface area contributed by atoms with Crippen LogP contribution in [0.2, 0.25) is 10.4 Å². The molecule has 4 atom stereocenters. The molecule has 0 bridgehead atoms. The summed E-state index contributed by atoms with van der Waals surface area (Å²) in [5.41, 5.74) is 0. The maximum absolute atomic E-state index is 2.26. The molecule has 0 nitrogen and oxygen atoms in total. The molecule has 3 heterocycles. The van der Waals surface area contributed by atoms with Gasteiger partial charge < -0.3 is 0 Å². The Morgan fingerprint density at radius 2 is 1.36 bits per heavy atom. The van der Waals surface area contributed by atoms with Crippen LogP contribution in [0.3, 0.4) is 0 Å². The Kier molecular flexibility index (Phi) is 2.69. The van der Waals surface area contributed by atoms with E-state index in [1.807, 2.05) is 0 Å². The van der Waals surface area contributed by atoms with Gasteiger partial charge in [-0.1, -0.05) is 0 Å². The first-order chi connectivity index (χ1) is 5.45. The van der Waals surface area contributed by atoms with E-state index < -0.39 is 0 Å². The molecule has 3 aliphatic heterocycles. The van der Waals surface area contributed by atoms with Gasteiger partial charge in [-0.15, -0.1) is 0 Å². The average Bonchev–Trinajstić information content (AvgIpc) is 2.91. The predicted octanol–water partition coefficient (Wildman–Crippen LogP) is 1.59. The topological polar surface area (TPSA) is 0 Å². The first-order valence-corrected chi connectivity index (χ1v) is 12.0. The van der Waals surface area contributed by atoms with E-state index in [1.165, 1.54) is 29.9 Å². The molecule has 62 valence electrons. The van der Waals surface area contributed by atoms with Gasteiger partial charge in [-0.2, -0.15) is 0 Å². The van der Waals surface area contributed by atoms with Gasteiger partial charge >= 0.3 is 97.8 Å². The van der Waals surface area contributed by atoms with Crippen LogP contribution in [-0.4, -0.2) is 63.9 Å². The molecular formula is C7H10S2Te2. The molecule has 0 aromatic carbocycles. The van der Waals surface area contributed by atoms with E-state index in [9.17, 15) is 0 Å². The molecule has 0 spiro atoms. The fraction of sp³-hybridized carbons (Fsp3) is 1.00. The van der Waals surface area contributed by atoms with E-state index in [0.29, 0.717) is 41.8 Å². The third-order valence-corrected chi connectivity index (χ3v) is 18.8. The van der Waals surface area contributed by atoms with Crippen molar-refractivity contribution in [2.24, 2.45) is 0 Å². The summed E-state index contributed by atoms with van der Waals surface area (Å²) in [7, 11) is 0. The molecule has 3 fully saturated rings. The summed E-state index contributed by atoms with van der Waals surface area (Å²) >= 11 is 5.56. The second-order valence-electron chi connectivity index (χ2n) is 3.12. The SMILES string of the molecule is C1[Te]C(C2CS2)C(C2CS2)[Te]1. The van der Waals surface area contributed by atoms with Crippen molar-refractivity contribution in [1.82, 2.24) is 0 Å². The van der Waals surface area contributed by atoms with E-state index in [0.717, 1.165) is 0 Å². The minimum atomic E-state index is 0.520. The Labute approximate surface area is 96.6 Å². The molecule has 3 aliphatic rings. The molecule has 0 amide bonds. The van der Waals surface area contributed by atoms with Crippen molar-refractivity contribution in [1.29, 1.82) is 0 Å². The van der Waals surface area contributed by atoms with Crippen LogP contribution >= 0.6 is 23.5 Å². The van der Waals surface area contributed by atoms with Crippen LogP contribution in [0.25, 0.3) is 0 Å². The summed E-state index contributed by atoms with van der Waals surface area (Å²) < 4.78 is 4.44. The van der Waals surface area contributed by atoms with Gasteiger partial charge in [-0.3, -0.25) is 0 Å². The third kappa shape index (κ3) is 1.88. The minimum absolute atomic E-state index is 0.520. The van der Waals surface area contributed by atoms with Gasteiger partial charge in [0.25, 0.3) is 0 Å². The quantitative estimate of drug-likeness (QED) is 0.498. The van der Waals surface area contributed by atoms with Crippen LogP contribution in [0.4, 0.5) is 0 Å². The number of hydrogen-bond donors (Lipinski definition) is 0. The van der Waals surface area contributed by atoms with E-state index in [4.69, 9.17) is 0 Å². The van der Waals surface area contributed by atoms with Gasteiger partial charge in [-0.25, -0.2) is 0 Å². The fourth-order valence-corrected chi connectivity index (χ4v) is 22.2. The van der Waals surface area contributed by atoms with Crippen molar-refractivity contribution < 1.29 is 0 Å². The fourth-order valence-electron chi connectivity index (χ4n) is 1.51. The average molecular weight is 413 g/mol. The second kappa shape index (κ2) is 3.45. The Hall–Kier alpha value is 2.28. The summed E-state index contributed by atoms with van der Waals surface area (Å²) in [4.78, 5) is 0. The summed E-state index contributed by atoms with van der Waals surface area (Å²) in [6.45, 7) is 0.